The summed E-state index contributed by atoms with van der Waals surface area (Å²) in [5, 5.41) is 0.715. The van der Waals surface area contributed by atoms with Crippen molar-refractivity contribution in [1.82, 2.24) is 19.8 Å². The van der Waals surface area contributed by atoms with Gasteiger partial charge in [-0.2, -0.15) is 0 Å². The first-order valence-corrected chi connectivity index (χ1v) is 11.0. The average molecular weight is 439 g/mol. The molecule has 0 aliphatic carbocycles. The van der Waals surface area contributed by atoms with Gasteiger partial charge in [0.1, 0.15) is 5.76 Å². The van der Waals surface area contributed by atoms with Gasteiger partial charge in [-0.15, -0.1) is 0 Å². The zero-order valence-electron chi connectivity index (χ0n) is 17.7. The second kappa shape index (κ2) is 10.1. The lowest BCUT2D eigenvalue weighted by atomic mass is 9.98. The lowest BCUT2D eigenvalue weighted by Gasteiger charge is -2.32. The summed E-state index contributed by atoms with van der Waals surface area (Å²) >= 11 is 6.07. The van der Waals surface area contributed by atoms with E-state index in [0.29, 0.717) is 31.1 Å². The third-order valence-electron chi connectivity index (χ3n) is 5.54. The molecule has 0 unspecified atom stereocenters. The number of amides is 1. The van der Waals surface area contributed by atoms with Crippen molar-refractivity contribution in [1.29, 1.82) is 0 Å². The van der Waals surface area contributed by atoms with Crippen molar-refractivity contribution in [2.24, 2.45) is 0 Å². The first-order valence-electron chi connectivity index (χ1n) is 10.6. The first-order chi connectivity index (χ1) is 15.1. The van der Waals surface area contributed by atoms with Crippen LogP contribution in [0.5, 0.6) is 0 Å². The predicted molar refractivity (Wildman–Crippen MR) is 120 cm³/mol. The van der Waals surface area contributed by atoms with E-state index in [2.05, 4.69) is 9.97 Å². The van der Waals surface area contributed by atoms with Gasteiger partial charge in [0.2, 0.25) is 5.91 Å². The molecule has 1 fully saturated rings. The Labute approximate surface area is 187 Å². The highest BCUT2D eigenvalue weighted by Gasteiger charge is 2.28. The number of likely N-dealkylation sites (N-methyl/N-ethyl adjacent to an activating group) is 1. The molecule has 1 aliphatic rings. The van der Waals surface area contributed by atoms with Crippen molar-refractivity contribution >= 4 is 17.5 Å². The minimum atomic E-state index is 0.134. The van der Waals surface area contributed by atoms with E-state index in [4.69, 9.17) is 16.0 Å². The molecule has 2 aromatic heterocycles. The molecule has 0 radical (unpaired) electrons. The van der Waals surface area contributed by atoms with Crippen LogP contribution in [0.1, 0.15) is 41.5 Å². The maximum absolute atomic E-state index is 12.9. The summed E-state index contributed by atoms with van der Waals surface area (Å²) in [6.07, 6.45) is 7.97. The van der Waals surface area contributed by atoms with Gasteiger partial charge in [-0.25, -0.2) is 4.98 Å². The van der Waals surface area contributed by atoms with Crippen molar-refractivity contribution in [3.63, 3.8) is 0 Å². The molecular formula is C24H27ClN4O2. The van der Waals surface area contributed by atoms with E-state index in [-0.39, 0.29) is 11.8 Å². The minimum absolute atomic E-state index is 0.134. The molecular weight excluding hydrogens is 412 g/mol. The number of pyridine rings is 1. The molecule has 31 heavy (non-hydrogen) atoms. The molecule has 0 spiro atoms. The molecule has 1 saturated heterocycles. The molecule has 7 heteroatoms. The van der Waals surface area contributed by atoms with Crippen LogP contribution in [0.4, 0.5) is 0 Å². The Morgan fingerprint density at radius 1 is 1.26 bits per heavy atom. The van der Waals surface area contributed by atoms with E-state index in [1.807, 2.05) is 59.4 Å². The van der Waals surface area contributed by atoms with Gasteiger partial charge in [0, 0.05) is 43.5 Å². The van der Waals surface area contributed by atoms with Crippen LogP contribution in [-0.2, 0) is 17.8 Å². The molecule has 3 heterocycles. The van der Waals surface area contributed by atoms with Crippen LogP contribution < -0.4 is 0 Å². The number of nitrogens with zero attached hydrogens (tertiary/aromatic N) is 4. The second-order valence-electron chi connectivity index (χ2n) is 8.18. The van der Waals surface area contributed by atoms with Gasteiger partial charge in [0.25, 0.3) is 0 Å². The lowest BCUT2D eigenvalue weighted by molar-refractivity contribution is -0.133. The standard InChI is InChI=1S/C24H27ClN4O2/c1-28(15-19-6-3-9-26-13-19)17-23(30)29-10-4-7-20(16-29)24-27-14-22(31-24)12-18-5-2-8-21(25)11-18/h2-3,5-6,8-9,11,13-14,20H,4,7,10,12,15-17H2,1H3/t20-/m0/s1. The fourth-order valence-corrected chi connectivity index (χ4v) is 4.25. The van der Waals surface area contributed by atoms with Crippen molar-refractivity contribution < 1.29 is 9.21 Å². The van der Waals surface area contributed by atoms with E-state index in [1.54, 1.807) is 12.4 Å². The quantitative estimate of drug-likeness (QED) is 0.554. The molecule has 1 aliphatic heterocycles. The van der Waals surface area contributed by atoms with E-state index in [1.165, 1.54) is 0 Å². The molecule has 162 valence electrons. The van der Waals surface area contributed by atoms with Crippen LogP contribution in [0, 0.1) is 0 Å². The second-order valence-corrected chi connectivity index (χ2v) is 8.62. The smallest absolute Gasteiger partial charge is 0.236 e. The number of hydrogen-bond acceptors (Lipinski definition) is 5. The molecule has 1 aromatic carbocycles. The first kappa shape index (κ1) is 21.5. The average Bonchev–Trinajstić information content (AvgIpc) is 3.23. The zero-order valence-corrected chi connectivity index (χ0v) is 18.5. The minimum Gasteiger partial charge on any atom is -0.445 e. The monoisotopic (exact) mass is 438 g/mol. The highest BCUT2D eigenvalue weighted by atomic mass is 35.5. The summed E-state index contributed by atoms with van der Waals surface area (Å²) in [6, 6.07) is 11.7. The lowest BCUT2D eigenvalue weighted by Crippen LogP contribution is -2.43. The van der Waals surface area contributed by atoms with E-state index in [0.717, 1.165) is 42.2 Å². The summed E-state index contributed by atoms with van der Waals surface area (Å²) in [7, 11) is 1.96. The van der Waals surface area contributed by atoms with Crippen LogP contribution in [0.15, 0.2) is 59.4 Å². The fraction of sp³-hybridized carbons (Fsp3) is 0.375. The van der Waals surface area contributed by atoms with Crippen LogP contribution in [0.25, 0.3) is 0 Å². The Kier molecular flexibility index (Phi) is 6.99. The number of carbonyl (C=O) groups is 1. The third kappa shape index (κ3) is 5.93. The van der Waals surface area contributed by atoms with Gasteiger partial charge in [0.05, 0.1) is 18.7 Å². The summed E-state index contributed by atoms with van der Waals surface area (Å²) < 4.78 is 6.05. The molecule has 0 N–H and O–H groups in total. The highest BCUT2D eigenvalue weighted by Crippen LogP contribution is 2.27. The van der Waals surface area contributed by atoms with Crippen LogP contribution in [0.3, 0.4) is 0 Å². The Hall–Kier alpha value is -2.70. The van der Waals surface area contributed by atoms with Crippen LogP contribution in [-0.4, -0.2) is 52.4 Å². The molecule has 0 bridgehead atoms. The Morgan fingerprint density at radius 2 is 2.13 bits per heavy atom. The van der Waals surface area contributed by atoms with Crippen LogP contribution in [0.2, 0.25) is 5.02 Å². The van der Waals surface area contributed by atoms with E-state index in [9.17, 15) is 4.79 Å². The molecule has 1 amide bonds. The third-order valence-corrected chi connectivity index (χ3v) is 5.78. The number of piperidine rings is 1. The molecule has 6 nitrogen and oxygen atoms in total. The van der Waals surface area contributed by atoms with Crippen molar-refractivity contribution in [2.45, 2.75) is 31.7 Å². The zero-order chi connectivity index (χ0) is 21.6. The number of rotatable bonds is 7. The topological polar surface area (TPSA) is 62.5 Å². The van der Waals surface area contributed by atoms with Crippen LogP contribution >= 0.6 is 11.6 Å². The number of halogens is 1. The SMILES string of the molecule is CN(CC(=O)N1CCC[C@H](c2ncc(Cc3cccc(Cl)c3)o2)C1)Cc1cccnc1. The Balaban J connectivity index is 1.33. The predicted octanol–water partition coefficient (Wildman–Crippen LogP) is 4.15. The van der Waals surface area contributed by atoms with E-state index >= 15 is 0 Å². The molecule has 3 aromatic rings. The van der Waals surface area contributed by atoms with Crippen molar-refractivity contribution in [3.05, 3.63) is 82.8 Å². The van der Waals surface area contributed by atoms with Gasteiger partial charge >= 0.3 is 0 Å². The summed E-state index contributed by atoms with van der Waals surface area (Å²) in [4.78, 5) is 25.5. The van der Waals surface area contributed by atoms with E-state index < -0.39 is 0 Å². The van der Waals surface area contributed by atoms with Gasteiger partial charge < -0.3 is 9.32 Å². The summed E-state index contributed by atoms with van der Waals surface area (Å²) in [6.45, 7) is 2.51. The number of likely N-dealkylation sites (tertiary alicyclic amines) is 1. The maximum Gasteiger partial charge on any atom is 0.236 e. The number of carbonyl (C=O) groups excluding carboxylic acids is 1. The Morgan fingerprint density at radius 3 is 2.94 bits per heavy atom. The van der Waals surface area contributed by atoms with Gasteiger partial charge in [-0.05, 0) is 49.2 Å². The summed E-state index contributed by atoms with van der Waals surface area (Å²) in [5.41, 5.74) is 2.19. The largest absolute Gasteiger partial charge is 0.445 e. The van der Waals surface area contributed by atoms with Gasteiger partial charge in [0.15, 0.2) is 5.89 Å². The number of benzene rings is 1. The number of hydrogen-bond donors (Lipinski definition) is 0. The maximum atomic E-state index is 12.9. The molecule has 4 rings (SSSR count). The molecule has 1 atom stereocenters. The Bertz CT molecular complexity index is 1010. The summed E-state index contributed by atoms with van der Waals surface area (Å²) in [5.74, 6) is 1.81. The van der Waals surface area contributed by atoms with Crippen molar-refractivity contribution in [3.8, 4) is 0 Å². The fourth-order valence-electron chi connectivity index (χ4n) is 4.04. The van der Waals surface area contributed by atoms with Gasteiger partial charge in [-0.3, -0.25) is 14.7 Å². The number of oxazole rings is 1. The molecule has 0 saturated carbocycles. The van der Waals surface area contributed by atoms with Crippen molar-refractivity contribution in [2.75, 3.05) is 26.7 Å². The highest BCUT2D eigenvalue weighted by molar-refractivity contribution is 6.30. The number of aromatic nitrogens is 2. The van der Waals surface area contributed by atoms with Gasteiger partial charge in [-0.1, -0.05) is 29.8 Å². The normalized spacial score (nSPS) is 16.6.